The quantitative estimate of drug-likeness (QED) is 0.605. The zero-order valence-electron chi connectivity index (χ0n) is 7.35. The van der Waals surface area contributed by atoms with E-state index in [1.807, 2.05) is 19.1 Å². The molecule has 0 aliphatic carbocycles. The van der Waals surface area contributed by atoms with Gasteiger partial charge in [-0.25, -0.2) is 0 Å². The van der Waals surface area contributed by atoms with Crippen LogP contribution in [-0.4, -0.2) is 6.04 Å². The second kappa shape index (κ2) is 4.82. The van der Waals surface area contributed by atoms with Crippen LogP contribution in [0.4, 0.5) is 0 Å². The molecule has 0 spiro atoms. The summed E-state index contributed by atoms with van der Waals surface area (Å²) in [6.07, 6.45) is 0.841. The fourth-order valence-corrected chi connectivity index (χ4v) is 1.40. The highest BCUT2D eigenvalue weighted by Crippen LogP contribution is 2.22. The molecule has 0 saturated carbocycles. The zero-order chi connectivity index (χ0) is 9.84. The molecule has 0 heterocycles. The van der Waals surface area contributed by atoms with Gasteiger partial charge in [-0.05, 0) is 31.0 Å². The van der Waals surface area contributed by atoms with Crippen LogP contribution >= 0.6 is 23.2 Å². The predicted molar refractivity (Wildman–Crippen MR) is 57.0 cm³/mol. The third kappa shape index (κ3) is 3.16. The molecule has 0 aromatic heterocycles. The molecular formula is C9H12Cl2N2. The largest absolute Gasteiger partial charge is 0.271 e. The Balaban J connectivity index is 2.73. The summed E-state index contributed by atoms with van der Waals surface area (Å²) in [6, 6.07) is 5.83. The van der Waals surface area contributed by atoms with Crippen LogP contribution in [0, 0.1) is 0 Å². The Morgan fingerprint density at radius 2 is 2.08 bits per heavy atom. The molecule has 1 aromatic carbocycles. The van der Waals surface area contributed by atoms with Crippen LogP contribution in [0.15, 0.2) is 18.2 Å². The maximum absolute atomic E-state index is 5.86. The number of rotatable bonds is 3. The smallest absolute Gasteiger partial charge is 0.0595 e. The van der Waals surface area contributed by atoms with E-state index in [1.165, 1.54) is 0 Å². The van der Waals surface area contributed by atoms with Crippen molar-refractivity contribution in [2.75, 3.05) is 0 Å². The van der Waals surface area contributed by atoms with Gasteiger partial charge in [-0.1, -0.05) is 29.3 Å². The van der Waals surface area contributed by atoms with Gasteiger partial charge < -0.3 is 0 Å². The highest BCUT2D eigenvalue weighted by atomic mass is 35.5. The van der Waals surface area contributed by atoms with Gasteiger partial charge in [-0.3, -0.25) is 11.3 Å². The fraction of sp³-hybridized carbons (Fsp3) is 0.333. The molecule has 1 aromatic rings. The Labute approximate surface area is 88.0 Å². The molecule has 1 rings (SSSR count). The van der Waals surface area contributed by atoms with Gasteiger partial charge in [0, 0.05) is 6.04 Å². The molecular weight excluding hydrogens is 207 g/mol. The zero-order valence-corrected chi connectivity index (χ0v) is 8.86. The predicted octanol–water partition coefficient (Wildman–Crippen LogP) is 2.39. The number of hydrogen-bond acceptors (Lipinski definition) is 2. The first kappa shape index (κ1) is 10.8. The summed E-state index contributed by atoms with van der Waals surface area (Å²) in [5.41, 5.74) is 3.80. The molecule has 0 aliphatic rings. The Kier molecular flexibility index (Phi) is 4.00. The van der Waals surface area contributed by atoms with E-state index in [0.29, 0.717) is 10.0 Å². The van der Waals surface area contributed by atoms with Gasteiger partial charge in [0.05, 0.1) is 10.0 Å². The summed E-state index contributed by atoms with van der Waals surface area (Å²) < 4.78 is 0. The van der Waals surface area contributed by atoms with Crippen molar-refractivity contribution in [2.45, 2.75) is 19.4 Å². The number of hydrogen-bond donors (Lipinski definition) is 2. The van der Waals surface area contributed by atoms with Gasteiger partial charge in [0.2, 0.25) is 0 Å². The average molecular weight is 219 g/mol. The van der Waals surface area contributed by atoms with E-state index in [-0.39, 0.29) is 6.04 Å². The maximum atomic E-state index is 5.86. The van der Waals surface area contributed by atoms with Gasteiger partial charge in [0.25, 0.3) is 0 Å². The van der Waals surface area contributed by atoms with Crippen LogP contribution in [0.1, 0.15) is 12.5 Å². The van der Waals surface area contributed by atoms with E-state index in [0.717, 1.165) is 12.0 Å². The topological polar surface area (TPSA) is 38.0 Å². The van der Waals surface area contributed by atoms with Crippen LogP contribution in [0.5, 0.6) is 0 Å². The minimum Gasteiger partial charge on any atom is -0.271 e. The van der Waals surface area contributed by atoms with Gasteiger partial charge in [0.1, 0.15) is 0 Å². The number of halogens is 2. The molecule has 3 N–H and O–H groups in total. The average Bonchev–Trinajstić information content (AvgIpc) is 2.11. The van der Waals surface area contributed by atoms with Crippen LogP contribution in [0.3, 0.4) is 0 Å². The monoisotopic (exact) mass is 218 g/mol. The Bertz CT molecular complexity index is 289. The minimum absolute atomic E-state index is 0.234. The normalized spacial score (nSPS) is 12.9. The first-order valence-electron chi connectivity index (χ1n) is 4.03. The third-order valence-corrected chi connectivity index (χ3v) is 2.55. The number of hydrazine groups is 1. The Hall–Kier alpha value is -0.280. The fourth-order valence-electron chi connectivity index (χ4n) is 1.08. The second-order valence-electron chi connectivity index (χ2n) is 3.02. The van der Waals surface area contributed by atoms with Gasteiger partial charge in [0.15, 0.2) is 0 Å². The molecule has 0 bridgehead atoms. The van der Waals surface area contributed by atoms with Crippen LogP contribution in [0.25, 0.3) is 0 Å². The summed E-state index contributed by atoms with van der Waals surface area (Å²) in [5.74, 6) is 5.28. The number of nitrogens with one attached hydrogen (secondary N) is 1. The lowest BCUT2D eigenvalue weighted by Crippen LogP contribution is -2.34. The molecule has 1 atom stereocenters. The van der Waals surface area contributed by atoms with Crippen LogP contribution < -0.4 is 11.3 Å². The highest BCUT2D eigenvalue weighted by molar-refractivity contribution is 6.42. The molecule has 0 radical (unpaired) electrons. The molecule has 13 heavy (non-hydrogen) atoms. The summed E-state index contributed by atoms with van der Waals surface area (Å²) in [6.45, 7) is 2.00. The van der Waals surface area contributed by atoms with E-state index in [4.69, 9.17) is 29.0 Å². The standard InChI is InChI=1S/C9H12Cl2N2/c1-6(13-12)4-7-2-3-8(10)9(11)5-7/h2-3,5-6,13H,4,12H2,1H3. The van der Waals surface area contributed by atoms with Crippen molar-refractivity contribution in [1.29, 1.82) is 0 Å². The Morgan fingerprint density at radius 1 is 1.38 bits per heavy atom. The van der Waals surface area contributed by atoms with Crippen LogP contribution in [-0.2, 0) is 6.42 Å². The van der Waals surface area contributed by atoms with Crippen molar-refractivity contribution in [3.8, 4) is 0 Å². The third-order valence-electron chi connectivity index (χ3n) is 1.81. The minimum atomic E-state index is 0.234. The summed E-state index contributed by atoms with van der Waals surface area (Å²) in [7, 11) is 0. The first-order chi connectivity index (χ1) is 6.13. The number of benzene rings is 1. The van der Waals surface area contributed by atoms with E-state index in [9.17, 15) is 0 Å². The lowest BCUT2D eigenvalue weighted by atomic mass is 10.1. The molecule has 0 saturated heterocycles. The Morgan fingerprint density at radius 3 is 2.62 bits per heavy atom. The van der Waals surface area contributed by atoms with E-state index in [1.54, 1.807) is 6.07 Å². The second-order valence-corrected chi connectivity index (χ2v) is 3.83. The molecule has 0 aliphatic heterocycles. The van der Waals surface area contributed by atoms with E-state index >= 15 is 0 Å². The molecule has 72 valence electrons. The lowest BCUT2D eigenvalue weighted by molar-refractivity contribution is 0.568. The first-order valence-corrected chi connectivity index (χ1v) is 4.79. The van der Waals surface area contributed by atoms with Crippen molar-refractivity contribution >= 4 is 23.2 Å². The van der Waals surface area contributed by atoms with Crippen LogP contribution in [0.2, 0.25) is 10.0 Å². The highest BCUT2D eigenvalue weighted by Gasteiger charge is 2.03. The van der Waals surface area contributed by atoms with Gasteiger partial charge >= 0.3 is 0 Å². The maximum Gasteiger partial charge on any atom is 0.0595 e. The summed E-state index contributed by atoms with van der Waals surface area (Å²) in [4.78, 5) is 0. The summed E-state index contributed by atoms with van der Waals surface area (Å²) >= 11 is 11.6. The van der Waals surface area contributed by atoms with E-state index < -0.39 is 0 Å². The SMILES string of the molecule is CC(Cc1ccc(Cl)c(Cl)c1)NN. The van der Waals surface area contributed by atoms with Crippen molar-refractivity contribution in [3.05, 3.63) is 33.8 Å². The molecule has 1 unspecified atom stereocenters. The molecule has 4 heteroatoms. The van der Waals surface area contributed by atoms with Crippen molar-refractivity contribution < 1.29 is 0 Å². The van der Waals surface area contributed by atoms with Crippen molar-refractivity contribution in [2.24, 2.45) is 5.84 Å². The van der Waals surface area contributed by atoms with Crippen molar-refractivity contribution in [1.82, 2.24) is 5.43 Å². The lowest BCUT2D eigenvalue weighted by Gasteiger charge is -2.09. The summed E-state index contributed by atoms with van der Waals surface area (Å²) in [5, 5.41) is 1.17. The van der Waals surface area contributed by atoms with Gasteiger partial charge in [-0.2, -0.15) is 0 Å². The molecule has 0 fully saturated rings. The molecule has 2 nitrogen and oxygen atoms in total. The van der Waals surface area contributed by atoms with E-state index in [2.05, 4.69) is 5.43 Å². The number of nitrogens with two attached hydrogens (primary N) is 1. The molecule has 0 amide bonds. The van der Waals surface area contributed by atoms with Gasteiger partial charge in [-0.15, -0.1) is 0 Å². The van der Waals surface area contributed by atoms with Crippen molar-refractivity contribution in [3.63, 3.8) is 0 Å².